The molecule has 1 aliphatic heterocycles. The molecule has 30 heavy (non-hydrogen) atoms. The molecule has 1 fully saturated rings. The first-order valence-corrected chi connectivity index (χ1v) is 10.4. The van der Waals surface area contributed by atoms with Gasteiger partial charge < -0.3 is 9.88 Å². The number of fused-ring (bicyclic) bond motifs is 1. The SMILES string of the molecule is O=C(c1cn(Cc2ccc(Cl)cc2)nn1)N1CCCC(c2nc3ccccc3[nH]2)C1. The highest BCUT2D eigenvalue weighted by molar-refractivity contribution is 6.30. The number of imidazole rings is 1. The van der Waals surface area contributed by atoms with Gasteiger partial charge in [0.2, 0.25) is 0 Å². The first-order chi connectivity index (χ1) is 14.7. The number of aromatic nitrogens is 5. The first kappa shape index (κ1) is 18.8. The number of para-hydroxylation sites is 2. The normalized spacial score (nSPS) is 16.8. The lowest BCUT2D eigenvalue weighted by Gasteiger charge is -2.31. The summed E-state index contributed by atoms with van der Waals surface area (Å²) < 4.78 is 1.68. The van der Waals surface area contributed by atoms with Gasteiger partial charge in [-0.2, -0.15) is 0 Å². The maximum Gasteiger partial charge on any atom is 0.276 e. The number of likely N-dealkylation sites (tertiary alicyclic amines) is 1. The Hall–Kier alpha value is -3.19. The number of rotatable bonds is 4. The van der Waals surface area contributed by atoms with E-state index in [9.17, 15) is 4.79 Å². The summed E-state index contributed by atoms with van der Waals surface area (Å²) in [6.45, 7) is 1.89. The molecule has 1 saturated heterocycles. The first-order valence-electron chi connectivity index (χ1n) is 10.0. The summed E-state index contributed by atoms with van der Waals surface area (Å²) in [5.74, 6) is 1.05. The molecule has 0 bridgehead atoms. The van der Waals surface area contributed by atoms with E-state index in [2.05, 4.69) is 15.3 Å². The number of halogens is 1. The van der Waals surface area contributed by atoms with Crippen LogP contribution >= 0.6 is 11.6 Å². The molecule has 5 rings (SSSR count). The van der Waals surface area contributed by atoms with Crippen molar-refractivity contribution in [2.24, 2.45) is 0 Å². The predicted octanol–water partition coefficient (Wildman–Crippen LogP) is 3.88. The molecule has 7 nitrogen and oxygen atoms in total. The number of H-pyrrole nitrogens is 1. The van der Waals surface area contributed by atoms with Gasteiger partial charge in [-0.1, -0.05) is 41.1 Å². The molecule has 2 aromatic heterocycles. The topological polar surface area (TPSA) is 79.7 Å². The number of carbonyl (C=O) groups is 1. The molecule has 1 atom stereocenters. The van der Waals surface area contributed by atoms with E-state index in [1.54, 1.807) is 10.9 Å². The number of carbonyl (C=O) groups excluding carboxylic acids is 1. The van der Waals surface area contributed by atoms with Gasteiger partial charge in [0.25, 0.3) is 5.91 Å². The summed E-state index contributed by atoms with van der Waals surface area (Å²) in [6.07, 6.45) is 3.65. The van der Waals surface area contributed by atoms with Crippen LogP contribution in [0.4, 0.5) is 0 Å². The molecule has 0 radical (unpaired) electrons. The smallest absolute Gasteiger partial charge is 0.276 e. The molecule has 8 heteroatoms. The second-order valence-electron chi connectivity index (χ2n) is 7.66. The van der Waals surface area contributed by atoms with Crippen molar-refractivity contribution in [3.05, 3.63) is 76.8 Å². The lowest BCUT2D eigenvalue weighted by molar-refractivity contribution is 0.0699. The van der Waals surface area contributed by atoms with Crippen molar-refractivity contribution in [2.45, 2.75) is 25.3 Å². The summed E-state index contributed by atoms with van der Waals surface area (Å²) in [5, 5.41) is 8.93. The Balaban J connectivity index is 1.28. The molecule has 1 amide bonds. The molecule has 1 unspecified atom stereocenters. The Kier molecular flexibility index (Phi) is 4.96. The van der Waals surface area contributed by atoms with E-state index < -0.39 is 0 Å². The molecule has 0 spiro atoms. The van der Waals surface area contributed by atoms with E-state index in [-0.39, 0.29) is 11.8 Å². The molecular formula is C22H21ClN6O. The van der Waals surface area contributed by atoms with Crippen LogP contribution in [0.2, 0.25) is 5.02 Å². The molecule has 4 aromatic rings. The average molecular weight is 421 g/mol. The number of hydrogen-bond donors (Lipinski definition) is 1. The van der Waals surface area contributed by atoms with Crippen molar-refractivity contribution in [2.75, 3.05) is 13.1 Å². The predicted molar refractivity (Wildman–Crippen MR) is 115 cm³/mol. The molecule has 3 heterocycles. The van der Waals surface area contributed by atoms with E-state index in [1.807, 2.05) is 53.4 Å². The number of nitrogens with one attached hydrogen (secondary N) is 1. The van der Waals surface area contributed by atoms with Crippen LogP contribution in [0.5, 0.6) is 0 Å². The zero-order valence-electron chi connectivity index (χ0n) is 16.3. The second-order valence-corrected chi connectivity index (χ2v) is 8.09. The fraction of sp³-hybridized carbons (Fsp3) is 0.273. The maximum absolute atomic E-state index is 13.0. The average Bonchev–Trinajstić information content (AvgIpc) is 3.42. The monoisotopic (exact) mass is 420 g/mol. The Morgan fingerprint density at radius 2 is 2.00 bits per heavy atom. The second kappa shape index (κ2) is 7.91. The fourth-order valence-corrected chi connectivity index (χ4v) is 4.09. The summed E-state index contributed by atoms with van der Waals surface area (Å²) >= 11 is 5.93. The van der Waals surface area contributed by atoms with E-state index in [1.165, 1.54) is 0 Å². The highest BCUT2D eigenvalue weighted by Gasteiger charge is 2.28. The highest BCUT2D eigenvalue weighted by Crippen LogP contribution is 2.27. The summed E-state index contributed by atoms with van der Waals surface area (Å²) in [4.78, 5) is 23.0. The molecular weight excluding hydrogens is 400 g/mol. The van der Waals surface area contributed by atoms with Gasteiger partial charge in [0.1, 0.15) is 5.82 Å². The van der Waals surface area contributed by atoms with Crippen molar-refractivity contribution in [1.29, 1.82) is 0 Å². The lowest BCUT2D eigenvalue weighted by Crippen LogP contribution is -2.39. The molecule has 0 saturated carbocycles. The molecule has 1 N–H and O–H groups in total. The Labute approximate surface area is 178 Å². The van der Waals surface area contributed by atoms with Crippen molar-refractivity contribution >= 4 is 28.5 Å². The van der Waals surface area contributed by atoms with Gasteiger partial charge >= 0.3 is 0 Å². The fourth-order valence-electron chi connectivity index (χ4n) is 3.96. The lowest BCUT2D eigenvalue weighted by atomic mass is 9.97. The third kappa shape index (κ3) is 3.80. The Bertz CT molecular complexity index is 1150. The van der Waals surface area contributed by atoms with Crippen LogP contribution in [0.3, 0.4) is 0 Å². The number of nitrogens with zero attached hydrogens (tertiary/aromatic N) is 5. The number of hydrogen-bond acceptors (Lipinski definition) is 4. The van der Waals surface area contributed by atoms with E-state index in [4.69, 9.17) is 16.6 Å². The summed E-state index contributed by atoms with van der Waals surface area (Å²) in [5.41, 5.74) is 3.41. The standard InChI is InChI=1S/C22H21ClN6O/c23-17-9-7-15(8-10-17)12-29-14-20(26-27-29)22(30)28-11-3-4-16(13-28)21-24-18-5-1-2-6-19(18)25-21/h1-2,5-10,14,16H,3-4,11-13H2,(H,24,25). The van der Waals surface area contributed by atoms with Gasteiger partial charge in [-0.15, -0.1) is 5.10 Å². The minimum atomic E-state index is -0.0850. The van der Waals surface area contributed by atoms with Crippen LogP contribution in [0.25, 0.3) is 11.0 Å². The van der Waals surface area contributed by atoms with Crippen molar-refractivity contribution < 1.29 is 4.79 Å². The molecule has 1 aliphatic rings. The summed E-state index contributed by atoms with van der Waals surface area (Å²) in [7, 11) is 0. The highest BCUT2D eigenvalue weighted by atomic mass is 35.5. The number of benzene rings is 2. The van der Waals surface area contributed by atoms with Gasteiger partial charge in [0, 0.05) is 24.0 Å². The van der Waals surface area contributed by atoms with Crippen molar-refractivity contribution in [3.8, 4) is 0 Å². The van der Waals surface area contributed by atoms with Crippen LogP contribution < -0.4 is 0 Å². The van der Waals surface area contributed by atoms with Crippen LogP contribution in [0.15, 0.2) is 54.7 Å². The molecule has 0 aliphatic carbocycles. The van der Waals surface area contributed by atoms with Crippen LogP contribution in [-0.2, 0) is 6.54 Å². The Morgan fingerprint density at radius 3 is 2.83 bits per heavy atom. The van der Waals surface area contributed by atoms with Crippen LogP contribution in [-0.4, -0.2) is 48.9 Å². The van der Waals surface area contributed by atoms with Gasteiger partial charge in [-0.3, -0.25) is 4.79 Å². The maximum atomic E-state index is 13.0. The van der Waals surface area contributed by atoms with E-state index in [0.29, 0.717) is 23.8 Å². The number of aromatic amines is 1. The van der Waals surface area contributed by atoms with Crippen molar-refractivity contribution in [1.82, 2.24) is 29.9 Å². The zero-order chi connectivity index (χ0) is 20.5. The minimum Gasteiger partial charge on any atom is -0.342 e. The number of amides is 1. The zero-order valence-corrected chi connectivity index (χ0v) is 17.1. The largest absolute Gasteiger partial charge is 0.342 e. The van der Waals surface area contributed by atoms with Gasteiger partial charge in [0.15, 0.2) is 5.69 Å². The van der Waals surface area contributed by atoms with Gasteiger partial charge in [-0.05, 0) is 42.7 Å². The third-order valence-corrected chi connectivity index (χ3v) is 5.77. The van der Waals surface area contributed by atoms with Crippen molar-refractivity contribution in [3.63, 3.8) is 0 Å². The molecule has 152 valence electrons. The molecule has 2 aromatic carbocycles. The Morgan fingerprint density at radius 1 is 1.17 bits per heavy atom. The van der Waals surface area contributed by atoms with Crippen LogP contribution in [0, 0.1) is 0 Å². The van der Waals surface area contributed by atoms with E-state index in [0.717, 1.165) is 41.8 Å². The van der Waals surface area contributed by atoms with E-state index >= 15 is 0 Å². The van der Waals surface area contributed by atoms with Gasteiger partial charge in [0.05, 0.1) is 23.8 Å². The number of piperidine rings is 1. The van der Waals surface area contributed by atoms with Gasteiger partial charge in [-0.25, -0.2) is 9.67 Å². The third-order valence-electron chi connectivity index (χ3n) is 5.52. The van der Waals surface area contributed by atoms with Crippen LogP contribution in [0.1, 0.15) is 40.6 Å². The quantitative estimate of drug-likeness (QED) is 0.543. The summed E-state index contributed by atoms with van der Waals surface area (Å²) in [6, 6.07) is 15.6. The minimum absolute atomic E-state index is 0.0850.